The summed E-state index contributed by atoms with van der Waals surface area (Å²) in [6.45, 7) is 0. The van der Waals surface area contributed by atoms with Crippen molar-refractivity contribution >= 4 is 23.8 Å². The van der Waals surface area contributed by atoms with Crippen LogP contribution in [0.15, 0.2) is 24.4 Å². The van der Waals surface area contributed by atoms with Gasteiger partial charge in [0, 0.05) is 17.5 Å². The molecule has 5 heteroatoms. The van der Waals surface area contributed by atoms with Crippen molar-refractivity contribution in [3.8, 4) is 11.3 Å². The lowest BCUT2D eigenvalue weighted by Crippen LogP contribution is -1.87. The highest BCUT2D eigenvalue weighted by atomic mass is 35.5. The van der Waals surface area contributed by atoms with Crippen LogP contribution in [0.2, 0.25) is 5.15 Å². The lowest BCUT2D eigenvalue weighted by Gasteiger charge is -1.97. The first-order valence-corrected chi connectivity index (χ1v) is 4.45. The maximum Gasteiger partial charge on any atom is 0.150 e. The van der Waals surface area contributed by atoms with E-state index in [0.29, 0.717) is 9.79 Å². The number of hydrogen-bond donors (Lipinski definition) is 2. The zero-order chi connectivity index (χ0) is 9.26. The van der Waals surface area contributed by atoms with Crippen LogP contribution in [0.3, 0.4) is 0 Å². The van der Waals surface area contributed by atoms with Crippen LogP contribution in [0.4, 0.5) is 0 Å². The van der Waals surface area contributed by atoms with Gasteiger partial charge in [0.1, 0.15) is 9.79 Å². The summed E-state index contributed by atoms with van der Waals surface area (Å²) < 4.78 is 0.576. The molecular weight excluding hydrogens is 206 g/mol. The lowest BCUT2D eigenvalue weighted by molar-refractivity contribution is 1.02. The molecule has 0 aliphatic carbocycles. The molecular formula is C8H6ClN3S. The number of aromatic amines is 2. The van der Waals surface area contributed by atoms with Crippen molar-refractivity contribution in [1.82, 2.24) is 15.2 Å². The molecule has 2 aromatic rings. The van der Waals surface area contributed by atoms with Crippen LogP contribution in [0.5, 0.6) is 0 Å². The van der Waals surface area contributed by atoms with Gasteiger partial charge in [0.2, 0.25) is 0 Å². The Kier molecular flexibility index (Phi) is 2.16. The van der Waals surface area contributed by atoms with Gasteiger partial charge >= 0.3 is 0 Å². The fourth-order valence-electron chi connectivity index (χ4n) is 1.08. The fourth-order valence-corrected chi connectivity index (χ4v) is 1.45. The van der Waals surface area contributed by atoms with E-state index in [0.717, 1.165) is 11.3 Å². The minimum atomic E-state index is 0.401. The van der Waals surface area contributed by atoms with Gasteiger partial charge in [-0.05, 0) is 18.2 Å². The average molecular weight is 212 g/mol. The largest absolute Gasteiger partial charge is 0.361 e. The van der Waals surface area contributed by atoms with Crippen LogP contribution in [0.25, 0.3) is 11.3 Å². The molecule has 0 radical (unpaired) electrons. The zero-order valence-corrected chi connectivity index (χ0v) is 8.12. The molecule has 2 N–H and O–H groups in total. The summed E-state index contributed by atoms with van der Waals surface area (Å²) in [6.07, 6.45) is 1.83. The first-order chi connectivity index (χ1) is 6.27. The van der Waals surface area contributed by atoms with E-state index in [1.165, 1.54) is 0 Å². The van der Waals surface area contributed by atoms with Crippen molar-refractivity contribution < 1.29 is 0 Å². The van der Waals surface area contributed by atoms with Crippen LogP contribution in [-0.4, -0.2) is 15.2 Å². The molecule has 0 aromatic carbocycles. The molecule has 2 heterocycles. The summed E-state index contributed by atoms with van der Waals surface area (Å²) in [7, 11) is 0. The van der Waals surface area contributed by atoms with E-state index in [9.17, 15) is 0 Å². The normalized spacial score (nSPS) is 10.2. The summed E-state index contributed by atoms with van der Waals surface area (Å²) in [5.41, 5.74) is 1.80. The molecule has 0 aliphatic heterocycles. The summed E-state index contributed by atoms with van der Waals surface area (Å²) in [5, 5.41) is 6.84. The van der Waals surface area contributed by atoms with E-state index >= 15 is 0 Å². The van der Waals surface area contributed by atoms with Crippen molar-refractivity contribution in [1.29, 1.82) is 0 Å². The fraction of sp³-hybridized carbons (Fsp3) is 0. The summed E-state index contributed by atoms with van der Waals surface area (Å²) in [4.78, 5) is 3.05. The highest BCUT2D eigenvalue weighted by molar-refractivity contribution is 7.71. The van der Waals surface area contributed by atoms with Crippen molar-refractivity contribution in [2.45, 2.75) is 0 Å². The van der Waals surface area contributed by atoms with Crippen LogP contribution in [-0.2, 0) is 0 Å². The molecule has 0 saturated carbocycles. The highest BCUT2D eigenvalue weighted by Gasteiger charge is 2.01. The van der Waals surface area contributed by atoms with Gasteiger partial charge in [0.25, 0.3) is 0 Å². The van der Waals surface area contributed by atoms with E-state index in [4.69, 9.17) is 23.8 Å². The molecule has 0 spiro atoms. The Hall–Kier alpha value is -1.13. The summed E-state index contributed by atoms with van der Waals surface area (Å²) in [5.74, 6) is 0. The number of nitrogens with one attached hydrogen (secondary N) is 2. The molecule has 0 fully saturated rings. The SMILES string of the molecule is S=c1[nH]nc(Cl)cc1-c1ccc[nH]1. The van der Waals surface area contributed by atoms with Gasteiger partial charge in [-0.1, -0.05) is 23.8 Å². The lowest BCUT2D eigenvalue weighted by atomic mass is 10.2. The van der Waals surface area contributed by atoms with E-state index in [-0.39, 0.29) is 0 Å². The van der Waals surface area contributed by atoms with Crippen molar-refractivity contribution in [2.24, 2.45) is 0 Å². The topological polar surface area (TPSA) is 44.5 Å². The van der Waals surface area contributed by atoms with E-state index in [2.05, 4.69) is 15.2 Å². The van der Waals surface area contributed by atoms with Crippen molar-refractivity contribution in [3.05, 3.63) is 34.2 Å². The number of H-pyrrole nitrogens is 2. The summed E-state index contributed by atoms with van der Waals surface area (Å²) in [6, 6.07) is 5.56. The number of aromatic nitrogens is 3. The molecule has 13 heavy (non-hydrogen) atoms. The minimum Gasteiger partial charge on any atom is -0.361 e. The van der Waals surface area contributed by atoms with E-state index < -0.39 is 0 Å². The van der Waals surface area contributed by atoms with Gasteiger partial charge in [-0.25, -0.2) is 0 Å². The Labute approximate surface area is 84.8 Å². The van der Waals surface area contributed by atoms with Crippen LogP contribution >= 0.6 is 23.8 Å². The minimum absolute atomic E-state index is 0.401. The molecule has 0 unspecified atom stereocenters. The van der Waals surface area contributed by atoms with Gasteiger partial charge in [0.15, 0.2) is 0 Å². The van der Waals surface area contributed by atoms with E-state index in [1.807, 2.05) is 18.3 Å². The average Bonchev–Trinajstić information content (AvgIpc) is 2.61. The zero-order valence-electron chi connectivity index (χ0n) is 6.54. The Balaban J connectivity index is 2.64. The number of halogens is 1. The smallest absolute Gasteiger partial charge is 0.150 e. The molecule has 2 rings (SSSR count). The highest BCUT2D eigenvalue weighted by Crippen LogP contribution is 2.19. The molecule has 3 nitrogen and oxygen atoms in total. The second-order valence-electron chi connectivity index (χ2n) is 2.52. The molecule has 66 valence electrons. The second kappa shape index (κ2) is 3.32. The van der Waals surface area contributed by atoms with Crippen LogP contribution in [0.1, 0.15) is 0 Å². The molecule has 0 aliphatic rings. The standard InChI is InChI=1S/C8H6ClN3S/c9-7-4-5(8(13)12-11-7)6-2-1-3-10-6/h1-4,10H,(H,12,13). The predicted molar refractivity (Wildman–Crippen MR) is 54.2 cm³/mol. The first kappa shape index (κ1) is 8.47. The number of rotatable bonds is 1. The van der Waals surface area contributed by atoms with Crippen LogP contribution in [0, 0.1) is 4.64 Å². The van der Waals surface area contributed by atoms with Crippen molar-refractivity contribution in [3.63, 3.8) is 0 Å². The molecule has 2 aromatic heterocycles. The van der Waals surface area contributed by atoms with Crippen molar-refractivity contribution in [2.75, 3.05) is 0 Å². The molecule has 0 saturated heterocycles. The van der Waals surface area contributed by atoms with Gasteiger partial charge < -0.3 is 4.98 Å². The number of nitrogens with zero attached hydrogens (tertiary/aromatic N) is 1. The Morgan fingerprint density at radius 1 is 1.46 bits per heavy atom. The third-order valence-corrected chi connectivity index (χ3v) is 2.17. The molecule has 0 bridgehead atoms. The third kappa shape index (κ3) is 1.64. The Morgan fingerprint density at radius 3 is 3.00 bits per heavy atom. The van der Waals surface area contributed by atoms with Crippen LogP contribution < -0.4 is 0 Å². The molecule has 0 atom stereocenters. The number of hydrogen-bond acceptors (Lipinski definition) is 2. The van der Waals surface area contributed by atoms with Gasteiger partial charge in [0.05, 0.1) is 0 Å². The maximum absolute atomic E-state index is 5.73. The first-order valence-electron chi connectivity index (χ1n) is 3.66. The quantitative estimate of drug-likeness (QED) is 0.713. The Morgan fingerprint density at radius 2 is 2.31 bits per heavy atom. The predicted octanol–water partition coefficient (Wildman–Crippen LogP) is 2.79. The van der Waals surface area contributed by atoms with Gasteiger partial charge in [-0.15, -0.1) is 0 Å². The third-order valence-electron chi connectivity index (χ3n) is 1.66. The van der Waals surface area contributed by atoms with Gasteiger partial charge in [-0.2, -0.15) is 5.10 Å². The Bertz CT molecular complexity index is 460. The van der Waals surface area contributed by atoms with Gasteiger partial charge in [-0.3, -0.25) is 5.10 Å². The molecule has 0 amide bonds. The monoisotopic (exact) mass is 211 g/mol. The maximum atomic E-state index is 5.73. The second-order valence-corrected chi connectivity index (χ2v) is 3.31. The van der Waals surface area contributed by atoms with E-state index in [1.54, 1.807) is 6.07 Å². The summed E-state index contributed by atoms with van der Waals surface area (Å²) >= 11 is 10.8.